The molecular formula is C27H26BrO. The minimum Gasteiger partial charge on any atom is -0.289 e. The first-order valence-corrected chi connectivity index (χ1v) is 10.8. The highest BCUT2D eigenvalue weighted by Gasteiger charge is 2.31. The van der Waals surface area contributed by atoms with E-state index in [1.165, 1.54) is 0 Å². The van der Waals surface area contributed by atoms with Crippen molar-refractivity contribution >= 4 is 38.6 Å². The number of Topliss-reactive ketones (excluding diaryl/α,β-unsaturated/α-hetero) is 1. The quantitative estimate of drug-likeness (QED) is 0.370. The smallest absolute Gasteiger partial charge is 0.190 e. The predicted molar refractivity (Wildman–Crippen MR) is 126 cm³/mol. The molecule has 0 saturated carbocycles. The minimum absolute atomic E-state index is 0.0182. The SMILES string of the molecule is CC(C)(C)C1=Cc2cc(C(C)(C)C)[c]c3cc(-c4ccc(Br)cc4)cc(c23)C1=O. The molecule has 1 radical (unpaired) electrons. The van der Waals surface area contributed by atoms with E-state index in [4.69, 9.17) is 0 Å². The van der Waals surface area contributed by atoms with Crippen LogP contribution in [0.1, 0.15) is 63.0 Å². The Labute approximate surface area is 182 Å². The average Bonchev–Trinajstić information content (AvgIpc) is 2.62. The molecule has 29 heavy (non-hydrogen) atoms. The van der Waals surface area contributed by atoms with Gasteiger partial charge in [-0.25, -0.2) is 0 Å². The molecule has 3 aromatic rings. The molecule has 0 aromatic heterocycles. The predicted octanol–water partition coefficient (Wildman–Crippen LogP) is 7.99. The Kier molecular flexibility index (Phi) is 4.62. The zero-order valence-corrected chi connectivity index (χ0v) is 19.5. The van der Waals surface area contributed by atoms with Crippen LogP contribution >= 0.6 is 15.9 Å². The summed E-state index contributed by atoms with van der Waals surface area (Å²) in [5.41, 5.74) is 5.87. The second-order valence-corrected chi connectivity index (χ2v) is 10.9. The Balaban J connectivity index is 2.07. The maximum Gasteiger partial charge on any atom is 0.190 e. The molecule has 0 fully saturated rings. The molecule has 0 unspecified atom stereocenters. The number of hydrogen-bond acceptors (Lipinski definition) is 1. The monoisotopic (exact) mass is 445 g/mol. The number of carbonyl (C=O) groups is 1. The third-order valence-corrected chi connectivity index (χ3v) is 6.11. The van der Waals surface area contributed by atoms with Crippen LogP contribution in [0.3, 0.4) is 0 Å². The van der Waals surface area contributed by atoms with Gasteiger partial charge in [-0.05, 0) is 80.9 Å². The maximum absolute atomic E-state index is 13.5. The molecule has 1 aliphatic carbocycles. The summed E-state index contributed by atoms with van der Waals surface area (Å²) >= 11 is 3.51. The van der Waals surface area contributed by atoms with E-state index in [1.807, 2.05) is 12.1 Å². The molecule has 3 aromatic carbocycles. The van der Waals surface area contributed by atoms with Gasteiger partial charge >= 0.3 is 0 Å². The molecule has 0 bridgehead atoms. The summed E-state index contributed by atoms with van der Waals surface area (Å²) in [4.78, 5) is 13.5. The van der Waals surface area contributed by atoms with Gasteiger partial charge in [-0.15, -0.1) is 0 Å². The van der Waals surface area contributed by atoms with Gasteiger partial charge in [0.25, 0.3) is 0 Å². The van der Waals surface area contributed by atoms with Crippen LogP contribution < -0.4 is 0 Å². The van der Waals surface area contributed by atoms with E-state index < -0.39 is 0 Å². The standard InChI is InChI=1S/C27H26BrO/c1-26(2,3)20-12-18-11-17(16-7-9-21(28)10-8-16)14-22-24(18)19(13-20)15-23(25(22)29)27(4,5)6/h7-11,13-15H,1-6H3. The molecule has 0 saturated heterocycles. The Morgan fingerprint density at radius 1 is 0.828 bits per heavy atom. The number of halogens is 1. The first kappa shape index (κ1) is 20.1. The average molecular weight is 446 g/mol. The second kappa shape index (κ2) is 6.67. The maximum atomic E-state index is 13.5. The van der Waals surface area contributed by atoms with Gasteiger partial charge in [0.2, 0.25) is 0 Å². The van der Waals surface area contributed by atoms with Gasteiger partial charge in [0, 0.05) is 21.0 Å². The molecule has 2 heteroatoms. The first-order valence-electron chi connectivity index (χ1n) is 10.0. The molecule has 0 N–H and O–H groups in total. The third-order valence-electron chi connectivity index (χ3n) is 5.58. The molecular weight excluding hydrogens is 420 g/mol. The van der Waals surface area contributed by atoms with Crippen molar-refractivity contribution in [2.75, 3.05) is 0 Å². The molecule has 0 heterocycles. The topological polar surface area (TPSA) is 17.1 Å². The van der Waals surface area contributed by atoms with E-state index in [1.54, 1.807) is 0 Å². The number of carbonyl (C=O) groups excluding carboxylic acids is 1. The largest absolute Gasteiger partial charge is 0.289 e. The normalized spacial score (nSPS) is 14.3. The fraction of sp³-hybridized carbons (Fsp3) is 0.296. The van der Waals surface area contributed by atoms with Gasteiger partial charge < -0.3 is 0 Å². The van der Waals surface area contributed by atoms with Crippen LogP contribution in [-0.4, -0.2) is 5.78 Å². The van der Waals surface area contributed by atoms with E-state index in [0.29, 0.717) is 0 Å². The summed E-state index contributed by atoms with van der Waals surface area (Å²) in [5, 5.41) is 2.04. The Bertz CT molecular complexity index is 1170. The highest BCUT2D eigenvalue weighted by atomic mass is 79.9. The molecule has 1 nitrogen and oxygen atoms in total. The second-order valence-electron chi connectivity index (χ2n) is 9.98. The van der Waals surface area contributed by atoms with E-state index in [2.05, 4.69) is 99.9 Å². The fourth-order valence-corrected chi connectivity index (χ4v) is 4.15. The van der Waals surface area contributed by atoms with Crippen LogP contribution in [0.4, 0.5) is 0 Å². The molecule has 147 valence electrons. The highest BCUT2D eigenvalue weighted by molar-refractivity contribution is 9.10. The van der Waals surface area contributed by atoms with Gasteiger partial charge in [-0.2, -0.15) is 0 Å². The molecule has 4 rings (SSSR count). The lowest BCUT2D eigenvalue weighted by Gasteiger charge is -2.28. The van der Waals surface area contributed by atoms with Gasteiger partial charge in [0.15, 0.2) is 5.78 Å². The number of ketones is 1. The van der Waals surface area contributed by atoms with E-state index in [0.717, 1.165) is 48.6 Å². The van der Waals surface area contributed by atoms with Crippen molar-refractivity contribution in [3.05, 3.63) is 75.3 Å². The van der Waals surface area contributed by atoms with Crippen molar-refractivity contribution in [3.63, 3.8) is 0 Å². The zero-order valence-electron chi connectivity index (χ0n) is 17.9. The van der Waals surface area contributed by atoms with E-state index in [9.17, 15) is 4.79 Å². The summed E-state index contributed by atoms with van der Waals surface area (Å²) in [6.07, 6.45) is 2.10. The third kappa shape index (κ3) is 3.59. The van der Waals surface area contributed by atoms with Gasteiger partial charge in [0.1, 0.15) is 0 Å². The lowest BCUT2D eigenvalue weighted by molar-refractivity contribution is 0.101. The van der Waals surface area contributed by atoms with Crippen molar-refractivity contribution in [2.24, 2.45) is 5.41 Å². The minimum atomic E-state index is -0.212. The number of allylic oxidation sites excluding steroid dienone is 1. The van der Waals surface area contributed by atoms with Crippen molar-refractivity contribution < 1.29 is 4.79 Å². The van der Waals surface area contributed by atoms with Gasteiger partial charge in [-0.1, -0.05) is 69.6 Å². The Morgan fingerprint density at radius 2 is 1.48 bits per heavy atom. The van der Waals surface area contributed by atoms with Gasteiger partial charge in [-0.3, -0.25) is 4.79 Å². The summed E-state index contributed by atoms with van der Waals surface area (Å²) in [7, 11) is 0. The Morgan fingerprint density at radius 3 is 2.07 bits per heavy atom. The molecule has 0 aliphatic heterocycles. The number of rotatable bonds is 1. The van der Waals surface area contributed by atoms with Crippen LogP contribution in [0.2, 0.25) is 0 Å². The van der Waals surface area contributed by atoms with Crippen molar-refractivity contribution in [3.8, 4) is 11.1 Å². The van der Waals surface area contributed by atoms with E-state index >= 15 is 0 Å². The van der Waals surface area contributed by atoms with Crippen LogP contribution in [0.25, 0.3) is 28.0 Å². The van der Waals surface area contributed by atoms with Crippen LogP contribution in [0, 0.1) is 11.5 Å². The lowest BCUT2D eigenvalue weighted by atomic mass is 9.74. The van der Waals surface area contributed by atoms with E-state index in [-0.39, 0.29) is 16.6 Å². The summed E-state index contributed by atoms with van der Waals surface area (Å²) in [6.45, 7) is 12.9. The molecule has 0 spiro atoms. The van der Waals surface area contributed by atoms with Crippen molar-refractivity contribution in [1.82, 2.24) is 0 Å². The number of benzene rings is 3. The number of hydrogen-bond donors (Lipinski definition) is 0. The highest BCUT2D eigenvalue weighted by Crippen LogP contribution is 2.42. The van der Waals surface area contributed by atoms with Crippen LogP contribution in [0.15, 0.2) is 52.5 Å². The molecule has 1 aliphatic rings. The van der Waals surface area contributed by atoms with Crippen molar-refractivity contribution in [2.45, 2.75) is 47.0 Å². The molecule has 0 amide bonds. The fourth-order valence-electron chi connectivity index (χ4n) is 3.89. The van der Waals surface area contributed by atoms with Crippen LogP contribution in [-0.2, 0) is 5.41 Å². The summed E-state index contributed by atoms with van der Waals surface area (Å²) in [6, 6.07) is 18.3. The Hall–Kier alpha value is -2.19. The molecule has 0 atom stereocenters. The van der Waals surface area contributed by atoms with Gasteiger partial charge in [0.05, 0.1) is 0 Å². The lowest BCUT2D eigenvalue weighted by Crippen LogP contribution is -2.21. The van der Waals surface area contributed by atoms with Crippen molar-refractivity contribution in [1.29, 1.82) is 0 Å². The summed E-state index contributed by atoms with van der Waals surface area (Å²) in [5.74, 6) is 0.130. The first-order chi connectivity index (χ1) is 13.4. The summed E-state index contributed by atoms with van der Waals surface area (Å²) < 4.78 is 1.04. The zero-order chi connectivity index (χ0) is 21.1. The van der Waals surface area contributed by atoms with Crippen LogP contribution in [0.5, 0.6) is 0 Å².